The predicted molar refractivity (Wildman–Crippen MR) is 164 cm³/mol. The van der Waals surface area contributed by atoms with Gasteiger partial charge in [-0.3, -0.25) is 19.8 Å². The van der Waals surface area contributed by atoms with Crippen LogP contribution >= 0.6 is 15.9 Å². The van der Waals surface area contributed by atoms with Gasteiger partial charge in [-0.2, -0.15) is 0 Å². The summed E-state index contributed by atoms with van der Waals surface area (Å²) in [6, 6.07) is 13.8. The third-order valence-corrected chi connectivity index (χ3v) is 7.03. The smallest absolute Gasteiger partial charge is 0.335 e. The van der Waals surface area contributed by atoms with E-state index in [2.05, 4.69) is 21.2 Å². The number of amides is 4. The minimum absolute atomic E-state index is 0.101. The van der Waals surface area contributed by atoms with E-state index < -0.39 is 23.8 Å². The number of hydrogen-bond donors (Lipinski definition) is 2. The summed E-state index contributed by atoms with van der Waals surface area (Å²) in [5, 5.41) is 11.3. The summed E-state index contributed by atoms with van der Waals surface area (Å²) in [4.78, 5) is 50.9. The van der Waals surface area contributed by atoms with E-state index >= 15 is 0 Å². The van der Waals surface area contributed by atoms with Gasteiger partial charge in [0.05, 0.1) is 36.9 Å². The summed E-state index contributed by atoms with van der Waals surface area (Å²) in [5.41, 5.74) is 1.71. The molecule has 0 spiro atoms. The fourth-order valence-corrected chi connectivity index (χ4v) is 4.87. The first-order valence-corrected chi connectivity index (χ1v) is 14.5. The van der Waals surface area contributed by atoms with E-state index in [0.29, 0.717) is 51.8 Å². The van der Waals surface area contributed by atoms with Crippen LogP contribution in [0.3, 0.4) is 0 Å². The molecule has 1 aliphatic heterocycles. The van der Waals surface area contributed by atoms with Gasteiger partial charge < -0.3 is 24.1 Å². The first kappa shape index (κ1) is 32.1. The summed E-state index contributed by atoms with van der Waals surface area (Å²) < 4.78 is 23.3. The Morgan fingerprint density at radius 1 is 0.932 bits per heavy atom. The molecule has 0 aromatic heterocycles. The van der Waals surface area contributed by atoms with Crippen LogP contribution in [0.25, 0.3) is 6.08 Å². The minimum atomic E-state index is -1.02. The Morgan fingerprint density at radius 3 is 2.32 bits per heavy atom. The molecule has 44 heavy (non-hydrogen) atoms. The molecule has 0 aliphatic carbocycles. The van der Waals surface area contributed by atoms with E-state index in [1.165, 1.54) is 25.3 Å². The van der Waals surface area contributed by atoms with Crippen molar-refractivity contribution in [3.63, 3.8) is 0 Å². The Morgan fingerprint density at radius 2 is 1.66 bits per heavy atom. The number of carboxylic acid groups (broad SMARTS) is 1. The Balaban J connectivity index is 1.55. The standard InChI is InChI=1S/C32H31BrN2O9/c1-4-12-43-25-11-8-20(15-26(25)42-5-2)17-35-30(37)23(29(36)34-32(35)40)13-21-14-24(33)28(27(16-21)41-3)44-18-19-6-9-22(10-7-19)31(38)39/h6-11,13-16H,4-5,12,17-18H2,1-3H3,(H,38,39)(H,34,36,40)/b23-13+. The molecule has 2 N–H and O–H groups in total. The van der Waals surface area contributed by atoms with Crippen LogP contribution in [0.1, 0.15) is 47.3 Å². The number of hydrogen-bond acceptors (Lipinski definition) is 8. The van der Waals surface area contributed by atoms with Crippen molar-refractivity contribution in [3.05, 3.63) is 86.9 Å². The number of imide groups is 2. The topological polar surface area (TPSA) is 141 Å². The van der Waals surface area contributed by atoms with E-state index in [1.807, 2.05) is 13.8 Å². The molecule has 0 saturated carbocycles. The maximum absolute atomic E-state index is 13.4. The number of methoxy groups -OCH3 is 1. The largest absolute Gasteiger partial charge is 0.493 e. The number of urea groups is 1. The summed E-state index contributed by atoms with van der Waals surface area (Å²) in [5.74, 6) is -0.870. The Labute approximate surface area is 262 Å². The highest BCUT2D eigenvalue weighted by atomic mass is 79.9. The molecule has 0 atom stereocenters. The monoisotopic (exact) mass is 666 g/mol. The van der Waals surface area contributed by atoms with Crippen LogP contribution in [-0.2, 0) is 22.7 Å². The first-order valence-electron chi connectivity index (χ1n) is 13.7. The Bertz CT molecular complexity index is 1600. The highest BCUT2D eigenvalue weighted by Crippen LogP contribution is 2.38. The van der Waals surface area contributed by atoms with Crippen LogP contribution in [0.15, 0.2) is 64.6 Å². The van der Waals surface area contributed by atoms with Crippen LogP contribution in [0, 0.1) is 0 Å². The number of halogens is 1. The second-order valence-corrected chi connectivity index (χ2v) is 10.5. The van der Waals surface area contributed by atoms with Gasteiger partial charge >= 0.3 is 12.0 Å². The molecular formula is C32H31BrN2O9. The second-order valence-electron chi connectivity index (χ2n) is 9.60. The van der Waals surface area contributed by atoms with E-state index in [-0.39, 0.29) is 24.3 Å². The number of benzene rings is 3. The Kier molecular flexibility index (Phi) is 10.6. The van der Waals surface area contributed by atoms with Gasteiger partial charge in [0.25, 0.3) is 11.8 Å². The van der Waals surface area contributed by atoms with Crippen molar-refractivity contribution in [2.75, 3.05) is 20.3 Å². The quantitative estimate of drug-likeness (QED) is 0.177. The molecule has 12 heteroatoms. The second kappa shape index (κ2) is 14.6. The van der Waals surface area contributed by atoms with Crippen molar-refractivity contribution < 1.29 is 43.2 Å². The lowest BCUT2D eigenvalue weighted by Gasteiger charge is -2.26. The van der Waals surface area contributed by atoms with Gasteiger partial charge in [0.1, 0.15) is 12.2 Å². The summed E-state index contributed by atoms with van der Waals surface area (Å²) >= 11 is 3.46. The maximum Gasteiger partial charge on any atom is 0.335 e. The minimum Gasteiger partial charge on any atom is -0.493 e. The highest BCUT2D eigenvalue weighted by molar-refractivity contribution is 9.10. The SMILES string of the molecule is CCCOc1ccc(CN2C(=O)NC(=O)/C(=C\c3cc(Br)c(OCc4ccc(C(=O)O)cc4)c(OC)c3)C2=O)cc1OCC. The van der Waals surface area contributed by atoms with Crippen molar-refractivity contribution in [1.82, 2.24) is 10.2 Å². The van der Waals surface area contributed by atoms with Gasteiger partial charge in [0, 0.05) is 0 Å². The predicted octanol–water partition coefficient (Wildman–Crippen LogP) is 5.58. The highest BCUT2D eigenvalue weighted by Gasteiger charge is 2.36. The molecule has 1 heterocycles. The van der Waals surface area contributed by atoms with Crippen LogP contribution in [0.5, 0.6) is 23.0 Å². The van der Waals surface area contributed by atoms with Gasteiger partial charge in [0.2, 0.25) is 0 Å². The average molecular weight is 668 g/mol. The third kappa shape index (κ3) is 7.56. The lowest BCUT2D eigenvalue weighted by molar-refractivity contribution is -0.130. The number of carboxylic acids is 1. The molecule has 11 nitrogen and oxygen atoms in total. The van der Waals surface area contributed by atoms with E-state index in [4.69, 9.17) is 24.1 Å². The molecule has 4 amide bonds. The van der Waals surface area contributed by atoms with Crippen LogP contribution in [-0.4, -0.2) is 54.1 Å². The normalized spacial score (nSPS) is 14.0. The summed E-state index contributed by atoms with van der Waals surface area (Å²) in [6.45, 7) is 4.78. The number of carbonyl (C=O) groups excluding carboxylic acids is 3. The molecule has 230 valence electrons. The van der Waals surface area contributed by atoms with Gasteiger partial charge in [0.15, 0.2) is 23.0 Å². The zero-order chi connectivity index (χ0) is 31.8. The summed E-state index contributed by atoms with van der Waals surface area (Å²) in [7, 11) is 1.45. The van der Waals surface area contributed by atoms with Gasteiger partial charge in [-0.05, 0) is 88.4 Å². The molecule has 1 fully saturated rings. The van der Waals surface area contributed by atoms with Gasteiger partial charge in [-0.25, -0.2) is 9.59 Å². The van der Waals surface area contributed by atoms with Crippen molar-refractivity contribution in [2.24, 2.45) is 0 Å². The molecule has 3 aromatic rings. The van der Waals surface area contributed by atoms with E-state index in [0.717, 1.165) is 16.9 Å². The fraction of sp³-hybridized carbons (Fsp3) is 0.250. The zero-order valence-electron chi connectivity index (χ0n) is 24.3. The van der Waals surface area contributed by atoms with Crippen LogP contribution in [0.2, 0.25) is 0 Å². The van der Waals surface area contributed by atoms with Crippen molar-refractivity contribution in [1.29, 1.82) is 0 Å². The zero-order valence-corrected chi connectivity index (χ0v) is 25.9. The molecule has 0 bridgehead atoms. The first-order chi connectivity index (χ1) is 21.1. The van der Waals surface area contributed by atoms with Gasteiger partial charge in [-0.15, -0.1) is 0 Å². The number of aromatic carboxylic acids is 1. The molecule has 4 rings (SSSR count). The lowest BCUT2D eigenvalue weighted by Crippen LogP contribution is -2.53. The van der Waals surface area contributed by atoms with Crippen LogP contribution in [0.4, 0.5) is 4.79 Å². The number of nitrogens with one attached hydrogen (secondary N) is 1. The molecule has 0 unspecified atom stereocenters. The van der Waals surface area contributed by atoms with Crippen molar-refractivity contribution in [2.45, 2.75) is 33.4 Å². The lowest BCUT2D eigenvalue weighted by atomic mass is 10.1. The summed E-state index contributed by atoms with van der Waals surface area (Å²) in [6.07, 6.45) is 2.19. The van der Waals surface area contributed by atoms with E-state index in [1.54, 1.807) is 42.5 Å². The Hall–Kier alpha value is -4.84. The van der Waals surface area contributed by atoms with Crippen LogP contribution < -0.4 is 24.3 Å². The van der Waals surface area contributed by atoms with E-state index in [9.17, 15) is 19.2 Å². The third-order valence-electron chi connectivity index (χ3n) is 6.44. The number of rotatable bonds is 13. The molecular weight excluding hydrogens is 636 g/mol. The molecule has 0 radical (unpaired) electrons. The fourth-order valence-electron chi connectivity index (χ4n) is 4.30. The molecule has 3 aromatic carbocycles. The molecule has 1 aliphatic rings. The molecule has 1 saturated heterocycles. The number of barbiturate groups is 1. The number of nitrogens with zero attached hydrogens (tertiary/aromatic N) is 1. The average Bonchev–Trinajstić information content (AvgIpc) is 3.00. The van der Waals surface area contributed by atoms with Crippen molar-refractivity contribution in [3.8, 4) is 23.0 Å². The van der Waals surface area contributed by atoms with Crippen molar-refractivity contribution >= 4 is 45.8 Å². The van der Waals surface area contributed by atoms with Gasteiger partial charge in [-0.1, -0.05) is 25.1 Å². The number of carbonyl (C=O) groups is 4. The number of ether oxygens (including phenoxy) is 4. The maximum atomic E-state index is 13.4.